The Morgan fingerprint density at radius 3 is 2.59 bits per heavy atom. The molecule has 0 saturated heterocycles. The average molecular weight is 339 g/mol. The fourth-order valence-electron chi connectivity index (χ4n) is 2.57. The molecule has 22 heavy (non-hydrogen) atoms. The van der Waals surface area contributed by atoms with Crippen molar-refractivity contribution in [2.75, 3.05) is 0 Å². The number of fused-ring (bicyclic) bond motifs is 1. The molecule has 1 heterocycles. The van der Waals surface area contributed by atoms with Gasteiger partial charge in [-0.25, -0.2) is 13.1 Å². The average Bonchev–Trinajstić information content (AvgIpc) is 2.93. The van der Waals surface area contributed by atoms with Crippen molar-refractivity contribution in [2.24, 2.45) is 0 Å². The van der Waals surface area contributed by atoms with E-state index >= 15 is 0 Å². The number of aryl methyl sites for hydroxylation is 1. The van der Waals surface area contributed by atoms with Crippen molar-refractivity contribution in [1.29, 1.82) is 0 Å². The molecule has 1 aliphatic rings. The van der Waals surface area contributed by atoms with Crippen molar-refractivity contribution in [1.82, 2.24) is 10.0 Å². The van der Waals surface area contributed by atoms with Crippen LogP contribution in [0.2, 0.25) is 0 Å². The molecule has 2 aromatic rings. The van der Waals surface area contributed by atoms with Crippen LogP contribution in [-0.4, -0.2) is 8.42 Å². The Morgan fingerprint density at radius 1 is 1.09 bits per heavy atom. The van der Waals surface area contributed by atoms with Crippen LogP contribution in [0.5, 0.6) is 0 Å². The van der Waals surface area contributed by atoms with Crippen LogP contribution in [0, 0.1) is 6.92 Å². The van der Waals surface area contributed by atoms with Crippen molar-refractivity contribution in [2.45, 2.75) is 31.5 Å². The van der Waals surface area contributed by atoms with Crippen LogP contribution in [0.25, 0.3) is 0 Å². The molecule has 0 radical (unpaired) electrons. The maximum atomic E-state index is 12.3. The Labute approximate surface area is 137 Å². The van der Waals surface area contributed by atoms with Crippen LogP contribution in [0.4, 0.5) is 0 Å². The summed E-state index contributed by atoms with van der Waals surface area (Å²) in [6, 6.07) is 13.1. The van der Waals surface area contributed by atoms with Crippen molar-refractivity contribution in [3.8, 4) is 0 Å². The molecule has 0 aromatic heterocycles. The van der Waals surface area contributed by atoms with Gasteiger partial charge in [-0.2, -0.15) is 0 Å². The van der Waals surface area contributed by atoms with Crippen LogP contribution < -0.4 is 10.0 Å². The highest BCUT2D eigenvalue weighted by Gasteiger charge is 2.16. The third kappa shape index (κ3) is 3.50. The number of rotatable bonds is 4. The van der Waals surface area contributed by atoms with Crippen LogP contribution in [-0.2, 0) is 29.7 Å². The van der Waals surface area contributed by atoms with Crippen LogP contribution in [0.1, 0.15) is 22.3 Å². The monoisotopic (exact) mass is 338 g/mol. The highest BCUT2D eigenvalue weighted by atomic mass is 35.5. The molecular weight excluding hydrogens is 320 g/mol. The molecule has 0 bridgehead atoms. The predicted octanol–water partition coefficient (Wildman–Crippen LogP) is 2.50. The topological polar surface area (TPSA) is 58.2 Å². The molecule has 1 aliphatic heterocycles. The molecule has 6 heteroatoms. The van der Waals surface area contributed by atoms with Crippen LogP contribution >= 0.6 is 12.4 Å². The summed E-state index contributed by atoms with van der Waals surface area (Å²) < 4.78 is 27.3. The SMILES string of the molecule is Cc1ccccc1S(=O)(=O)NCc1ccc2c(c1)CNC2.Cl. The minimum absolute atomic E-state index is 0. The maximum absolute atomic E-state index is 12.3. The molecule has 0 saturated carbocycles. The van der Waals surface area contributed by atoms with Gasteiger partial charge in [-0.1, -0.05) is 36.4 Å². The van der Waals surface area contributed by atoms with Gasteiger partial charge in [-0.15, -0.1) is 12.4 Å². The van der Waals surface area contributed by atoms with Crippen LogP contribution in [0.15, 0.2) is 47.4 Å². The molecule has 0 atom stereocenters. The molecule has 2 aromatic carbocycles. The van der Waals surface area contributed by atoms with E-state index in [1.54, 1.807) is 25.1 Å². The lowest BCUT2D eigenvalue weighted by Gasteiger charge is -2.10. The van der Waals surface area contributed by atoms with Crippen molar-refractivity contribution < 1.29 is 8.42 Å². The molecule has 0 unspecified atom stereocenters. The third-order valence-electron chi connectivity index (χ3n) is 3.75. The zero-order chi connectivity index (χ0) is 14.9. The highest BCUT2D eigenvalue weighted by Crippen LogP contribution is 2.18. The van der Waals surface area contributed by atoms with E-state index < -0.39 is 10.0 Å². The number of benzene rings is 2. The van der Waals surface area contributed by atoms with E-state index in [0.717, 1.165) is 24.2 Å². The minimum atomic E-state index is -3.47. The Morgan fingerprint density at radius 2 is 1.82 bits per heavy atom. The second-order valence-corrected chi connectivity index (χ2v) is 7.03. The van der Waals surface area contributed by atoms with E-state index in [0.29, 0.717) is 11.4 Å². The van der Waals surface area contributed by atoms with E-state index in [1.165, 1.54) is 11.1 Å². The third-order valence-corrected chi connectivity index (χ3v) is 5.31. The van der Waals surface area contributed by atoms with Crippen LogP contribution in [0.3, 0.4) is 0 Å². The Bertz CT molecular complexity index is 775. The first-order valence-electron chi connectivity index (χ1n) is 6.93. The Balaban J connectivity index is 0.00000176. The standard InChI is InChI=1S/C16H18N2O2S.ClH/c1-12-4-2-3-5-16(12)21(19,20)18-9-13-6-7-14-10-17-11-15(14)8-13;/h2-8,17-18H,9-11H2,1H3;1H. The number of nitrogens with one attached hydrogen (secondary N) is 2. The summed E-state index contributed by atoms with van der Waals surface area (Å²) in [5, 5.41) is 3.28. The summed E-state index contributed by atoms with van der Waals surface area (Å²) in [5.74, 6) is 0. The lowest BCUT2D eigenvalue weighted by atomic mass is 10.1. The summed E-state index contributed by atoms with van der Waals surface area (Å²) in [4.78, 5) is 0.341. The number of halogens is 1. The molecule has 0 fully saturated rings. The van der Waals surface area contributed by atoms with Gasteiger partial charge in [0, 0.05) is 19.6 Å². The fraction of sp³-hybridized carbons (Fsp3) is 0.250. The van der Waals surface area contributed by atoms with E-state index in [2.05, 4.69) is 22.2 Å². The molecule has 0 amide bonds. The summed E-state index contributed by atoms with van der Waals surface area (Å²) >= 11 is 0. The highest BCUT2D eigenvalue weighted by molar-refractivity contribution is 7.89. The predicted molar refractivity (Wildman–Crippen MR) is 89.4 cm³/mol. The summed E-state index contributed by atoms with van der Waals surface area (Å²) in [7, 11) is -3.47. The molecule has 2 N–H and O–H groups in total. The largest absolute Gasteiger partial charge is 0.309 e. The maximum Gasteiger partial charge on any atom is 0.241 e. The second-order valence-electron chi connectivity index (χ2n) is 5.30. The van der Waals surface area contributed by atoms with Gasteiger partial charge in [0.25, 0.3) is 0 Å². The Hall–Kier alpha value is -1.40. The second kappa shape index (κ2) is 6.79. The molecule has 0 spiro atoms. The number of sulfonamides is 1. The van der Waals surface area contributed by atoms with Crippen molar-refractivity contribution in [3.63, 3.8) is 0 Å². The van der Waals surface area contributed by atoms with Gasteiger partial charge < -0.3 is 5.32 Å². The zero-order valence-corrected chi connectivity index (χ0v) is 13.9. The smallest absolute Gasteiger partial charge is 0.241 e. The quantitative estimate of drug-likeness (QED) is 0.900. The molecule has 0 aliphatic carbocycles. The zero-order valence-electron chi connectivity index (χ0n) is 12.3. The van der Waals surface area contributed by atoms with Gasteiger partial charge in [-0.3, -0.25) is 0 Å². The van der Waals surface area contributed by atoms with E-state index in [-0.39, 0.29) is 12.4 Å². The molecule has 118 valence electrons. The van der Waals surface area contributed by atoms with Gasteiger partial charge in [-0.05, 0) is 35.2 Å². The summed E-state index contributed by atoms with van der Waals surface area (Å²) in [6.45, 7) is 3.86. The van der Waals surface area contributed by atoms with Gasteiger partial charge >= 0.3 is 0 Å². The molecule has 4 nitrogen and oxygen atoms in total. The van der Waals surface area contributed by atoms with Gasteiger partial charge in [0.05, 0.1) is 4.90 Å². The Kier molecular flexibility index (Phi) is 5.24. The number of hydrogen-bond acceptors (Lipinski definition) is 3. The van der Waals surface area contributed by atoms with Crippen molar-refractivity contribution in [3.05, 3.63) is 64.7 Å². The molecular formula is C16H19ClN2O2S. The summed E-state index contributed by atoms with van der Waals surface area (Å²) in [6.07, 6.45) is 0. The first kappa shape index (κ1) is 17.0. The van der Waals surface area contributed by atoms with Gasteiger partial charge in [0.1, 0.15) is 0 Å². The lowest BCUT2D eigenvalue weighted by Crippen LogP contribution is -2.24. The minimum Gasteiger partial charge on any atom is -0.309 e. The summed E-state index contributed by atoms with van der Waals surface area (Å²) in [5.41, 5.74) is 4.28. The first-order chi connectivity index (χ1) is 10.1. The van der Waals surface area contributed by atoms with Gasteiger partial charge in [0.15, 0.2) is 0 Å². The van der Waals surface area contributed by atoms with E-state index in [9.17, 15) is 8.42 Å². The molecule has 3 rings (SSSR count). The lowest BCUT2D eigenvalue weighted by molar-refractivity contribution is 0.580. The normalized spacial score (nSPS) is 13.5. The van der Waals surface area contributed by atoms with E-state index in [4.69, 9.17) is 0 Å². The van der Waals surface area contributed by atoms with Crippen molar-refractivity contribution >= 4 is 22.4 Å². The number of hydrogen-bond donors (Lipinski definition) is 2. The fourth-order valence-corrected chi connectivity index (χ4v) is 3.83. The first-order valence-corrected chi connectivity index (χ1v) is 8.41. The van der Waals surface area contributed by atoms with Gasteiger partial charge in [0.2, 0.25) is 10.0 Å². The van der Waals surface area contributed by atoms with E-state index in [1.807, 2.05) is 12.1 Å².